The fourth-order valence-corrected chi connectivity index (χ4v) is 2.21. The molecule has 16 heavy (non-hydrogen) atoms. The van der Waals surface area contributed by atoms with Gasteiger partial charge in [0, 0.05) is 26.7 Å². The molecule has 0 saturated heterocycles. The first-order valence-electron chi connectivity index (χ1n) is 5.97. The summed E-state index contributed by atoms with van der Waals surface area (Å²) in [5.74, 6) is 0.552. The zero-order valence-electron chi connectivity index (χ0n) is 10.2. The van der Waals surface area contributed by atoms with E-state index < -0.39 is 0 Å². The van der Waals surface area contributed by atoms with Crippen molar-refractivity contribution in [1.29, 1.82) is 0 Å². The van der Waals surface area contributed by atoms with Crippen LogP contribution < -0.4 is 15.5 Å². The van der Waals surface area contributed by atoms with Crippen LogP contribution in [0.4, 0.5) is 11.4 Å². The van der Waals surface area contributed by atoms with Gasteiger partial charge in [-0.3, -0.25) is 0 Å². The predicted octanol–water partition coefficient (Wildman–Crippen LogP) is 1.54. The van der Waals surface area contributed by atoms with E-state index in [1.165, 1.54) is 11.4 Å². The highest BCUT2D eigenvalue weighted by Gasteiger charge is 2.20. The quantitative estimate of drug-likeness (QED) is 0.837. The van der Waals surface area contributed by atoms with Crippen molar-refractivity contribution < 1.29 is 0 Å². The summed E-state index contributed by atoms with van der Waals surface area (Å²) in [4.78, 5) is 4.77. The van der Waals surface area contributed by atoms with E-state index in [9.17, 15) is 0 Å². The van der Waals surface area contributed by atoms with E-state index in [2.05, 4.69) is 48.0 Å². The Bertz CT molecular complexity index is 351. The van der Waals surface area contributed by atoms with Crippen molar-refractivity contribution >= 4 is 11.4 Å². The maximum Gasteiger partial charge on any atom is 0.0604 e. The largest absolute Gasteiger partial charge is 0.371 e. The number of para-hydroxylation sites is 2. The summed E-state index contributed by atoms with van der Waals surface area (Å²) in [6.45, 7) is 6.21. The molecule has 0 spiro atoms. The standard InChI is InChI=1S/C13H21N3/c1-11(9-14)10-16-8-7-15(2)12-5-3-4-6-13(12)16/h3-6,11H,7-10,14H2,1-2H3. The van der Waals surface area contributed by atoms with Gasteiger partial charge in [-0.1, -0.05) is 19.1 Å². The molecule has 2 rings (SSSR count). The molecule has 0 bridgehead atoms. The Morgan fingerprint density at radius 2 is 1.94 bits per heavy atom. The summed E-state index contributed by atoms with van der Waals surface area (Å²) in [5.41, 5.74) is 8.37. The van der Waals surface area contributed by atoms with Crippen LogP contribution in [0.15, 0.2) is 24.3 Å². The highest BCUT2D eigenvalue weighted by atomic mass is 15.2. The second kappa shape index (κ2) is 4.74. The molecule has 1 unspecified atom stereocenters. The van der Waals surface area contributed by atoms with E-state index >= 15 is 0 Å². The minimum Gasteiger partial charge on any atom is -0.371 e. The molecule has 3 heteroatoms. The van der Waals surface area contributed by atoms with E-state index in [-0.39, 0.29) is 0 Å². The zero-order valence-corrected chi connectivity index (χ0v) is 10.2. The number of fused-ring (bicyclic) bond motifs is 1. The molecule has 2 N–H and O–H groups in total. The summed E-state index contributed by atoms with van der Waals surface area (Å²) >= 11 is 0. The molecule has 1 atom stereocenters. The van der Waals surface area contributed by atoms with Crippen LogP contribution in [0, 0.1) is 5.92 Å². The minimum absolute atomic E-state index is 0.552. The minimum atomic E-state index is 0.552. The van der Waals surface area contributed by atoms with Crippen LogP contribution >= 0.6 is 0 Å². The Balaban J connectivity index is 2.21. The van der Waals surface area contributed by atoms with Crippen LogP contribution in [-0.2, 0) is 0 Å². The van der Waals surface area contributed by atoms with Crippen molar-refractivity contribution in [3.05, 3.63) is 24.3 Å². The summed E-state index contributed by atoms with van der Waals surface area (Å²) in [6, 6.07) is 8.60. The average Bonchev–Trinajstić information content (AvgIpc) is 2.33. The van der Waals surface area contributed by atoms with Crippen molar-refractivity contribution in [2.45, 2.75) is 6.92 Å². The summed E-state index contributed by atoms with van der Waals surface area (Å²) in [6.07, 6.45) is 0. The fraction of sp³-hybridized carbons (Fsp3) is 0.538. The second-order valence-corrected chi connectivity index (χ2v) is 4.70. The smallest absolute Gasteiger partial charge is 0.0604 e. The van der Waals surface area contributed by atoms with Crippen LogP contribution in [0.2, 0.25) is 0 Å². The van der Waals surface area contributed by atoms with Crippen molar-refractivity contribution in [3.63, 3.8) is 0 Å². The van der Waals surface area contributed by atoms with Gasteiger partial charge in [0.25, 0.3) is 0 Å². The Labute approximate surface area is 97.8 Å². The topological polar surface area (TPSA) is 32.5 Å². The van der Waals surface area contributed by atoms with Crippen LogP contribution in [0.1, 0.15) is 6.92 Å². The maximum absolute atomic E-state index is 5.70. The molecule has 0 fully saturated rings. The fourth-order valence-electron chi connectivity index (χ4n) is 2.21. The molecule has 0 aliphatic carbocycles. The molecule has 1 heterocycles. The van der Waals surface area contributed by atoms with Crippen LogP contribution in [0.5, 0.6) is 0 Å². The lowest BCUT2D eigenvalue weighted by Crippen LogP contribution is -2.42. The molecule has 0 radical (unpaired) electrons. The van der Waals surface area contributed by atoms with Crippen molar-refractivity contribution in [2.24, 2.45) is 11.7 Å². The number of hydrogen-bond acceptors (Lipinski definition) is 3. The van der Waals surface area contributed by atoms with Crippen LogP contribution in [0.25, 0.3) is 0 Å². The van der Waals surface area contributed by atoms with Crippen LogP contribution in [0.3, 0.4) is 0 Å². The molecular weight excluding hydrogens is 198 g/mol. The zero-order chi connectivity index (χ0) is 11.5. The Kier molecular flexibility index (Phi) is 3.34. The van der Waals surface area contributed by atoms with Crippen LogP contribution in [-0.4, -0.2) is 33.2 Å². The predicted molar refractivity (Wildman–Crippen MR) is 70.1 cm³/mol. The highest BCUT2D eigenvalue weighted by Crippen LogP contribution is 2.31. The molecule has 88 valence electrons. The molecule has 1 aliphatic heterocycles. The average molecular weight is 219 g/mol. The lowest BCUT2D eigenvalue weighted by Gasteiger charge is -2.38. The van der Waals surface area contributed by atoms with E-state index in [0.717, 1.165) is 26.2 Å². The normalized spacial score (nSPS) is 17.2. The molecule has 1 aromatic carbocycles. The van der Waals surface area contributed by atoms with E-state index in [1.54, 1.807) is 0 Å². The third-order valence-electron chi connectivity index (χ3n) is 3.27. The third-order valence-corrected chi connectivity index (χ3v) is 3.27. The van der Waals surface area contributed by atoms with Gasteiger partial charge in [0.1, 0.15) is 0 Å². The first-order valence-corrected chi connectivity index (χ1v) is 5.97. The Morgan fingerprint density at radius 1 is 1.25 bits per heavy atom. The molecule has 0 amide bonds. The number of hydrogen-bond donors (Lipinski definition) is 1. The first-order chi connectivity index (χ1) is 7.72. The number of nitrogens with zero attached hydrogens (tertiary/aromatic N) is 2. The van der Waals surface area contributed by atoms with Gasteiger partial charge in [-0.2, -0.15) is 0 Å². The van der Waals surface area contributed by atoms with Gasteiger partial charge in [-0.15, -0.1) is 0 Å². The maximum atomic E-state index is 5.70. The van der Waals surface area contributed by atoms with Gasteiger partial charge >= 0.3 is 0 Å². The third kappa shape index (κ3) is 2.14. The number of rotatable bonds is 3. The summed E-state index contributed by atoms with van der Waals surface area (Å²) < 4.78 is 0. The molecular formula is C13H21N3. The summed E-state index contributed by atoms with van der Waals surface area (Å²) in [5, 5.41) is 0. The van der Waals surface area contributed by atoms with E-state index in [1.807, 2.05) is 0 Å². The lowest BCUT2D eigenvalue weighted by molar-refractivity contribution is 0.563. The molecule has 1 aromatic rings. The number of benzene rings is 1. The first kappa shape index (κ1) is 11.3. The van der Waals surface area contributed by atoms with Gasteiger partial charge < -0.3 is 15.5 Å². The van der Waals surface area contributed by atoms with Crippen molar-refractivity contribution in [3.8, 4) is 0 Å². The van der Waals surface area contributed by atoms with Gasteiger partial charge in [-0.25, -0.2) is 0 Å². The monoisotopic (exact) mass is 219 g/mol. The number of nitrogens with two attached hydrogens (primary N) is 1. The van der Waals surface area contributed by atoms with Crippen molar-refractivity contribution in [1.82, 2.24) is 0 Å². The molecule has 3 nitrogen and oxygen atoms in total. The van der Waals surface area contributed by atoms with Gasteiger partial charge in [-0.05, 0) is 24.6 Å². The molecule has 0 saturated carbocycles. The lowest BCUT2D eigenvalue weighted by atomic mass is 10.1. The van der Waals surface area contributed by atoms with E-state index in [4.69, 9.17) is 5.73 Å². The van der Waals surface area contributed by atoms with E-state index in [0.29, 0.717) is 5.92 Å². The highest BCUT2D eigenvalue weighted by molar-refractivity contribution is 5.73. The van der Waals surface area contributed by atoms with Crippen molar-refractivity contribution in [2.75, 3.05) is 43.0 Å². The number of likely N-dealkylation sites (N-methyl/N-ethyl adjacent to an activating group) is 1. The van der Waals surface area contributed by atoms with Gasteiger partial charge in [0.05, 0.1) is 11.4 Å². The second-order valence-electron chi connectivity index (χ2n) is 4.70. The summed E-state index contributed by atoms with van der Waals surface area (Å²) in [7, 11) is 2.16. The van der Waals surface area contributed by atoms with Gasteiger partial charge in [0.15, 0.2) is 0 Å². The number of anilines is 2. The Hall–Kier alpha value is -1.22. The van der Waals surface area contributed by atoms with Gasteiger partial charge in [0.2, 0.25) is 0 Å². The molecule has 0 aromatic heterocycles. The molecule has 1 aliphatic rings. The SMILES string of the molecule is CC(CN)CN1CCN(C)c2ccccc21. The Morgan fingerprint density at radius 3 is 2.62 bits per heavy atom.